The standard InChI is InChI=1S/C46H36Cl4F6N8O6/c1-5-27-28(6-2)38(60-44(70)40(22(4)66)64-62-26-10-14-34(48)30(18-26)42(68)58-24-8-12-32(36(50)20-24)46(54,55)56)16-15-37(27)59-43(69)39(21(3)65)63-61-25-9-13-33(47)29(17-25)41(67)57-23-7-11-31(35(49)19-23)45(51,52)53/h7-20,39-40H,5-6H2,1-4H3,(H,57,67)(H,58,68)(H,59,69)(H,60,70). The van der Waals surface area contributed by atoms with E-state index in [0.29, 0.717) is 36.1 Å². The molecule has 2 unspecified atom stereocenters. The van der Waals surface area contributed by atoms with Gasteiger partial charge in [-0.15, -0.1) is 0 Å². The highest BCUT2D eigenvalue weighted by Gasteiger charge is 2.34. The molecule has 0 fully saturated rings. The average molecular weight is 1050 g/mol. The number of azo groups is 2. The van der Waals surface area contributed by atoms with Crippen LogP contribution in [0.25, 0.3) is 0 Å². The van der Waals surface area contributed by atoms with E-state index < -0.39 is 80.8 Å². The van der Waals surface area contributed by atoms with Gasteiger partial charge < -0.3 is 21.3 Å². The van der Waals surface area contributed by atoms with Crippen LogP contribution in [0.5, 0.6) is 0 Å². The second-order valence-electron chi connectivity index (χ2n) is 14.9. The van der Waals surface area contributed by atoms with Crippen LogP contribution in [0.3, 0.4) is 0 Å². The van der Waals surface area contributed by atoms with Crippen LogP contribution in [0.2, 0.25) is 20.1 Å². The second kappa shape index (κ2) is 22.8. The molecule has 5 aromatic rings. The van der Waals surface area contributed by atoms with Crippen LogP contribution in [0.15, 0.2) is 105 Å². The minimum absolute atomic E-state index is 0.0173. The van der Waals surface area contributed by atoms with E-state index in [9.17, 15) is 55.1 Å². The number of amides is 4. The first-order valence-electron chi connectivity index (χ1n) is 20.4. The van der Waals surface area contributed by atoms with Crippen molar-refractivity contribution in [3.05, 3.63) is 138 Å². The zero-order chi connectivity index (χ0) is 51.8. The molecular weight excluding hydrogens is 1020 g/mol. The van der Waals surface area contributed by atoms with Crippen molar-refractivity contribution in [2.24, 2.45) is 20.5 Å². The van der Waals surface area contributed by atoms with E-state index in [1.165, 1.54) is 48.5 Å². The number of halogens is 10. The predicted molar refractivity (Wildman–Crippen MR) is 252 cm³/mol. The number of ketones is 2. The number of carbonyl (C=O) groups is 6. The zero-order valence-electron chi connectivity index (χ0n) is 36.7. The van der Waals surface area contributed by atoms with Crippen molar-refractivity contribution in [2.45, 2.75) is 65.0 Å². The first kappa shape index (κ1) is 54.2. The smallest absolute Gasteiger partial charge is 0.323 e. The molecule has 0 bridgehead atoms. The maximum absolute atomic E-state index is 13.6. The molecule has 14 nitrogen and oxygen atoms in total. The molecule has 0 aliphatic carbocycles. The Balaban J connectivity index is 1.29. The van der Waals surface area contributed by atoms with E-state index in [1.807, 2.05) is 0 Å². The third kappa shape index (κ3) is 13.5. The van der Waals surface area contributed by atoms with Gasteiger partial charge in [0.1, 0.15) is 0 Å². The molecule has 5 rings (SSSR count). The van der Waals surface area contributed by atoms with Gasteiger partial charge in [0.2, 0.25) is 12.1 Å². The number of anilines is 4. The van der Waals surface area contributed by atoms with Crippen molar-refractivity contribution >= 4 is 116 Å². The summed E-state index contributed by atoms with van der Waals surface area (Å²) in [6.07, 6.45) is -8.83. The Morgan fingerprint density at radius 3 is 1.16 bits per heavy atom. The second-order valence-corrected chi connectivity index (χ2v) is 16.5. The van der Waals surface area contributed by atoms with Crippen molar-refractivity contribution < 1.29 is 55.1 Å². The minimum Gasteiger partial charge on any atom is -0.323 e. The van der Waals surface area contributed by atoms with Gasteiger partial charge in [-0.2, -0.15) is 46.8 Å². The Morgan fingerprint density at radius 1 is 0.500 bits per heavy atom. The molecule has 70 heavy (non-hydrogen) atoms. The summed E-state index contributed by atoms with van der Waals surface area (Å²) >= 11 is 24.0. The van der Waals surface area contributed by atoms with Crippen LogP contribution in [-0.2, 0) is 44.4 Å². The zero-order valence-corrected chi connectivity index (χ0v) is 39.7. The number of rotatable bonds is 16. The van der Waals surface area contributed by atoms with Crippen LogP contribution >= 0.6 is 46.4 Å². The number of nitrogens with zero attached hydrogens (tertiary/aromatic N) is 4. The molecule has 0 aromatic heterocycles. The summed E-state index contributed by atoms with van der Waals surface area (Å²) < 4.78 is 78.9. The topological polar surface area (TPSA) is 200 Å². The first-order chi connectivity index (χ1) is 32.8. The van der Waals surface area contributed by atoms with E-state index in [0.717, 1.165) is 38.1 Å². The van der Waals surface area contributed by atoms with E-state index in [2.05, 4.69) is 41.7 Å². The lowest BCUT2D eigenvalue weighted by Gasteiger charge is -2.20. The third-order valence-electron chi connectivity index (χ3n) is 9.95. The highest BCUT2D eigenvalue weighted by molar-refractivity contribution is 6.35. The Labute approximate surface area is 414 Å². The molecule has 0 aliphatic rings. The van der Waals surface area contributed by atoms with E-state index in [4.69, 9.17) is 46.4 Å². The van der Waals surface area contributed by atoms with Gasteiger partial charge in [-0.05, 0) is 123 Å². The molecule has 366 valence electrons. The number of benzene rings is 5. The summed E-state index contributed by atoms with van der Waals surface area (Å²) in [5.74, 6) is -4.89. The van der Waals surface area contributed by atoms with E-state index in [-0.39, 0.29) is 55.3 Å². The Bertz CT molecular complexity index is 2770. The highest BCUT2D eigenvalue weighted by Crippen LogP contribution is 2.38. The summed E-state index contributed by atoms with van der Waals surface area (Å²) in [6, 6.07) is 12.4. The number of Topliss-reactive ketones (excluding diaryl/α,β-unsaturated/α-hetero) is 2. The van der Waals surface area contributed by atoms with Crippen molar-refractivity contribution in [3.8, 4) is 0 Å². The van der Waals surface area contributed by atoms with Gasteiger partial charge >= 0.3 is 12.4 Å². The van der Waals surface area contributed by atoms with Gasteiger partial charge in [-0.1, -0.05) is 60.3 Å². The lowest BCUT2D eigenvalue weighted by molar-refractivity contribution is -0.138. The fourth-order valence-corrected chi connectivity index (χ4v) is 7.55. The first-order valence-corrected chi connectivity index (χ1v) is 21.9. The molecule has 2 atom stereocenters. The van der Waals surface area contributed by atoms with Crippen molar-refractivity contribution in [1.82, 2.24) is 0 Å². The largest absolute Gasteiger partial charge is 0.417 e. The molecule has 4 amide bonds. The van der Waals surface area contributed by atoms with Crippen LogP contribution in [0, 0.1) is 0 Å². The maximum Gasteiger partial charge on any atom is 0.417 e. The average Bonchev–Trinajstić information content (AvgIpc) is 3.26. The molecule has 0 heterocycles. The predicted octanol–water partition coefficient (Wildman–Crippen LogP) is 13.3. The van der Waals surface area contributed by atoms with E-state index >= 15 is 0 Å². The van der Waals surface area contributed by atoms with Gasteiger partial charge in [0, 0.05) is 22.7 Å². The Hall–Kier alpha value is -6.74. The SMILES string of the molecule is CCc1c(NC(=O)C(N=Nc2ccc(Cl)c(C(=O)Nc3ccc(C(F)(F)F)c(Cl)c3)c2)C(C)=O)ccc(NC(=O)C(N=Nc2ccc(Cl)c(C(=O)Nc3ccc(C(F)(F)F)c(Cl)c3)c2)C(C)=O)c1CC. The van der Waals surface area contributed by atoms with E-state index in [1.54, 1.807) is 13.8 Å². The third-order valence-corrected chi connectivity index (χ3v) is 11.2. The molecule has 0 radical (unpaired) electrons. The number of nitrogens with one attached hydrogen (secondary N) is 4. The van der Waals surface area contributed by atoms with Crippen LogP contribution in [0.4, 0.5) is 60.5 Å². The van der Waals surface area contributed by atoms with Crippen LogP contribution in [-0.4, -0.2) is 47.3 Å². The summed E-state index contributed by atoms with van der Waals surface area (Å²) in [5.41, 5.74) is -1.12. The number of carbonyl (C=O) groups excluding carboxylic acids is 6. The molecular formula is C46H36Cl4F6N8O6. The summed E-state index contributed by atoms with van der Waals surface area (Å²) in [7, 11) is 0. The monoisotopic (exact) mass is 1050 g/mol. The summed E-state index contributed by atoms with van der Waals surface area (Å²) in [6.45, 7) is 5.74. The Kier molecular flexibility index (Phi) is 17.6. The molecule has 4 N–H and O–H groups in total. The fraction of sp³-hybridized carbons (Fsp3) is 0.217. The lowest BCUT2D eigenvalue weighted by atomic mass is 9.98. The van der Waals surface area contributed by atoms with Crippen LogP contribution < -0.4 is 21.3 Å². The fourth-order valence-electron chi connectivity index (χ4n) is 6.56. The van der Waals surface area contributed by atoms with Gasteiger partial charge in [0.25, 0.3) is 23.6 Å². The highest BCUT2D eigenvalue weighted by atomic mass is 35.5. The van der Waals surface area contributed by atoms with Crippen molar-refractivity contribution in [1.29, 1.82) is 0 Å². The molecule has 0 spiro atoms. The number of alkyl halides is 6. The number of hydrogen-bond acceptors (Lipinski definition) is 10. The van der Waals surface area contributed by atoms with Gasteiger partial charge in [0.05, 0.1) is 53.7 Å². The quantitative estimate of drug-likeness (QED) is 0.0430. The Morgan fingerprint density at radius 2 is 0.857 bits per heavy atom. The lowest BCUT2D eigenvalue weighted by Crippen LogP contribution is -2.33. The van der Waals surface area contributed by atoms with Gasteiger partial charge in [0.15, 0.2) is 11.6 Å². The summed E-state index contributed by atoms with van der Waals surface area (Å²) in [4.78, 5) is 78.7. The maximum atomic E-state index is 13.6. The molecule has 5 aromatic carbocycles. The minimum atomic E-state index is -4.72. The normalized spacial score (nSPS) is 12.7. The van der Waals surface area contributed by atoms with Crippen LogP contribution in [0.1, 0.15) is 70.7 Å². The summed E-state index contributed by atoms with van der Waals surface area (Å²) in [5, 5.41) is 24.5. The van der Waals surface area contributed by atoms with Crippen molar-refractivity contribution in [2.75, 3.05) is 21.3 Å². The van der Waals surface area contributed by atoms with Crippen molar-refractivity contribution in [3.63, 3.8) is 0 Å². The number of hydrogen-bond donors (Lipinski definition) is 4. The van der Waals surface area contributed by atoms with Gasteiger partial charge in [-0.25, -0.2) is 0 Å². The van der Waals surface area contributed by atoms with Gasteiger partial charge in [-0.3, -0.25) is 28.8 Å². The molecule has 24 heteroatoms. The molecule has 0 saturated carbocycles. The molecule has 0 saturated heterocycles. The molecule has 0 aliphatic heterocycles.